The lowest BCUT2D eigenvalue weighted by Crippen LogP contribution is -2.71. The van der Waals surface area contributed by atoms with E-state index in [4.69, 9.17) is 4.52 Å². The number of rotatable bonds is 2. The number of hydrogen-bond donors (Lipinski definition) is 2. The fraction of sp³-hybridized carbons (Fsp3) is 0.788. The summed E-state index contributed by atoms with van der Waals surface area (Å²) in [5.74, 6) is 2.69. The molecule has 2 N–H and O–H groups in total. The number of carbonyl (C=O) groups excluding carboxylic acids is 2. The van der Waals surface area contributed by atoms with Gasteiger partial charge in [-0.1, -0.05) is 59.2 Å². The molecule has 9 atom stereocenters. The second-order valence-electron chi connectivity index (χ2n) is 15.3. The summed E-state index contributed by atoms with van der Waals surface area (Å²) in [5, 5.41) is 10.7. The molecule has 0 spiro atoms. The minimum atomic E-state index is -0.321. The van der Waals surface area contributed by atoms with Crippen molar-refractivity contribution < 1.29 is 14.1 Å². The van der Waals surface area contributed by atoms with Crippen molar-refractivity contribution in [3.63, 3.8) is 0 Å². The Bertz CT molecular complexity index is 1230. The van der Waals surface area contributed by atoms with Gasteiger partial charge in [0.2, 0.25) is 0 Å². The van der Waals surface area contributed by atoms with E-state index in [0.717, 1.165) is 50.7 Å². The summed E-state index contributed by atoms with van der Waals surface area (Å²) in [6.07, 6.45) is 11.1. The van der Waals surface area contributed by atoms with Crippen LogP contribution in [0.5, 0.6) is 0 Å². The lowest BCUT2D eigenvalue weighted by molar-refractivity contribution is -0.164. The topological polar surface area (TPSA) is 84.2 Å². The molecule has 0 radical (unpaired) electrons. The van der Waals surface area contributed by atoms with Gasteiger partial charge in [0.05, 0.1) is 6.20 Å². The number of nitrogens with one attached hydrogen (secondary N) is 2. The van der Waals surface area contributed by atoms with E-state index < -0.39 is 0 Å². The highest BCUT2D eigenvalue weighted by atomic mass is 16.5. The van der Waals surface area contributed by atoms with E-state index >= 15 is 0 Å². The lowest BCUT2D eigenvalue weighted by Gasteiger charge is -2.70. The molecular weight excluding hydrogens is 486 g/mol. The minimum absolute atomic E-state index is 0.0696. The van der Waals surface area contributed by atoms with Crippen LogP contribution in [0, 0.1) is 45.8 Å². The van der Waals surface area contributed by atoms with E-state index in [1.807, 2.05) is 13.1 Å². The molecule has 6 rings (SSSR count). The minimum Gasteiger partial charge on any atom is -0.361 e. The Balaban J connectivity index is 1.48. The highest BCUT2D eigenvalue weighted by molar-refractivity contribution is 5.95. The van der Waals surface area contributed by atoms with E-state index in [-0.39, 0.29) is 45.1 Å². The first-order valence-electron chi connectivity index (χ1n) is 15.5. The summed E-state index contributed by atoms with van der Waals surface area (Å²) < 4.78 is 5.82. The molecular formula is C33H49N3O3. The van der Waals surface area contributed by atoms with Gasteiger partial charge >= 0.3 is 6.03 Å². The van der Waals surface area contributed by atoms with Gasteiger partial charge in [-0.15, -0.1) is 0 Å². The molecule has 3 saturated carbocycles. The average Bonchev–Trinajstić information content (AvgIpc) is 3.33. The number of nitrogens with zero attached hydrogens (tertiary/aromatic N) is 1. The van der Waals surface area contributed by atoms with Crippen molar-refractivity contribution in [1.29, 1.82) is 0 Å². The van der Waals surface area contributed by atoms with Crippen LogP contribution in [-0.2, 0) is 16.6 Å². The molecule has 2 amide bonds. The van der Waals surface area contributed by atoms with Crippen molar-refractivity contribution in [1.82, 2.24) is 15.8 Å². The van der Waals surface area contributed by atoms with Gasteiger partial charge in [-0.3, -0.25) is 4.79 Å². The molecule has 0 bridgehead atoms. The quantitative estimate of drug-likeness (QED) is 0.447. The molecule has 6 nitrogen and oxygen atoms in total. The molecule has 214 valence electrons. The van der Waals surface area contributed by atoms with E-state index in [1.165, 1.54) is 11.1 Å². The van der Waals surface area contributed by atoms with Gasteiger partial charge < -0.3 is 15.2 Å². The molecule has 0 saturated heterocycles. The van der Waals surface area contributed by atoms with Crippen molar-refractivity contribution in [3.8, 4) is 0 Å². The van der Waals surface area contributed by atoms with E-state index in [2.05, 4.69) is 70.3 Å². The first kappa shape index (κ1) is 27.1. The summed E-state index contributed by atoms with van der Waals surface area (Å²) in [4.78, 5) is 27.6. The van der Waals surface area contributed by atoms with Crippen LogP contribution in [0.1, 0.15) is 105 Å². The van der Waals surface area contributed by atoms with Gasteiger partial charge in [0.1, 0.15) is 5.76 Å². The molecule has 1 aromatic heterocycles. The van der Waals surface area contributed by atoms with Gasteiger partial charge in [0.15, 0.2) is 5.78 Å². The van der Waals surface area contributed by atoms with Crippen molar-refractivity contribution in [2.24, 2.45) is 45.8 Å². The number of hydrogen-bond acceptors (Lipinski definition) is 4. The second kappa shape index (κ2) is 8.45. The zero-order valence-corrected chi connectivity index (χ0v) is 25.4. The first-order valence-corrected chi connectivity index (χ1v) is 15.5. The zero-order chi connectivity index (χ0) is 28.2. The van der Waals surface area contributed by atoms with Crippen LogP contribution in [0.3, 0.4) is 0 Å². The third kappa shape index (κ3) is 3.35. The van der Waals surface area contributed by atoms with Crippen LogP contribution in [-0.4, -0.2) is 29.1 Å². The maximum absolute atomic E-state index is 14.6. The number of urea groups is 1. The summed E-state index contributed by atoms with van der Waals surface area (Å²) in [5.41, 5.74) is 1.79. The Hall–Kier alpha value is -2.11. The highest BCUT2D eigenvalue weighted by Crippen LogP contribution is 2.73. The van der Waals surface area contributed by atoms with Crippen molar-refractivity contribution in [2.75, 3.05) is 6.54 Å². The smallest absolute Gasteiger partial charge is 0.315 e. The van der Waals surface area contributed by atoms with Crippen molar-refractivity contribution in [2.45, 2.75) is 111 Å². The predicted molar refractivity (Wildman–Crippen MR) is 152 cm³/mol. The van der Waals surface area contributed by atoms with Gasteiger partial charge in [-0.05, 0) is 97.9 Å². The van der Waals surface area contributed by atoms with Gasteiger partial charge in [0, 0.05) is 29.0 Å². The number of fused-ring (bicyclic) bond motifs is 8. The third-order valence-electron chi connectivity index (χ3n) is 13.4. The molecule has 5 aliphatic rings. The third-order valence-corrected chi connectivity index (χ3v) is 13.4. The Labute approximate surface area is 234 Å². The molecule has 0 unspecified atom stereocenters. The van der Waals surface area contributed by atoms with Crippen LogP contribution in [0.2, 0.25) is 0 Å². The highest BCUT2D eigenvalue weighted by Gasteiger charge is 2.70. The van der Waals surface area contributed by atoms with E-state index in [1.54, 1.807) is 0 Å². The van der Waals surface area contributed by atoms with Crippen molar-refractivity contribution in [3.05, 3.63) is 29.2 Å². The number of aromatic nitrogens is 1. The first-order chi connectivity index (χ1) is 18.2. The Morgan fingerprint density at radius 3 is 2.54 bits per heavy atom. The molecule has 0 aliphatic heterocycles. The monoisotopic (exact) mass is 535 g/mol. The number of carbonyl (C=O) groups is 2. The maximum atomic E-state index is 14.6. The zero-order valence-electron chi connectivity index (χ0n) is 25.4. The number of ketones is 1. The van der Waals surface area contributed by atoms with Gasteiger partial charge in [-0.2, -0.15) is 0 Å². The van der Waals surface area contributed by atoms with Crippen LogP contribution in [0.15, 0.2) is 22.4 Å². The van der Waals surface area contributed by atoms with Crippen molar-refractivity contribution >= 4 is 11.8 Å². The second-order valence-corrected chi connectivity index (χ2v) is 15.3. The Morgan fingerprint density at radius 2 is 1.82 bits per heavy atom. The largest absolute Gasteiger partial charge is 0.361 e. The fourth-order valence-corrected chi connectivity index (χ4v) is 11.2. The Morgan fingerprint density at radius 1 is 1.08 bits per heavy atom. The van der Waals surface area contributed by atoms with E-state index in [9.17, 15) is 9.59 Å². The number of amides is 2. The average molecular weight is 536 g/mol. The summed E-state index contributed by atoms with van der Waals surface area (Å²) in [6, 6.07) is -0.0828. The van der Waals surface area contributed by atoms with Gasteiger partial charge in [-0.25, -0.2) is 4.79 Å². The molecule has 0 aromatic carbocycles. The summed E-state index contributed by atoms with van der Waals surface area (Å²) in [6.45, 7) is 19.2. The van der Waals surface area contributed by atoms with Crippen LogP contribution in [0.25, 0.3) is 0 Å². The SMILES string of the molecule is CCNC(=O)N[C@]12CC[C@@H](C)[C@H](C)[C@H]1[C@H]1C(=O)C=C3[C@@]4(C)Cc5cnoc5C(C)(C)[C@@H]4CC[C@@]3(C)[C@]1(C)CC2. The fourth-order valence-electron chi connectivity index (χ4n) is 11.2. The molecule has 3 fully saturated rings. The number of allylic oxidation sites excluding steroid dienone is 2. The normalized spacial score (nSPS) is 46.0. The predicted octanol–water partition coefficient (Wildman–Crippen LogP) is 6.60. The van der Waals surface area contributed by atoms with Crippen LogP contribution in [0.4, 0.5) is 4.79 Å². The summed E-state index contributed by atoms with van der Waals surface area (Å²) >= 11 is 0. The molecule has 5 aliphatic carbocycles. The maximum Gasteiger partial charge on any atom is 0.315 e. The Kier molecular flexibility index (Phi) is 5.87. The molecule has 1 heterocycles. The molecule has 1 aromatic rings. The molecule has 6 heteroatoms. The van der Waals surface area contributed by atoms with Gasteiger partial charge in [0.25, 0.3) is 0 Å². The summed E-state index contributed by atoms with van der Waals surface area (Å²) in [7, 11) is 0. The molecule has 39 heavy (non-hydrogen) atoms. The van der Waals surface area contributed by atoms with E-state index in [0.29, 0.717) is 30.1 Å². The standard InChI is InChI=1S/C33H49N3O3/c1-9-34-28(38)36-33-13-10-19(2)20(3)25(33)26-22(37)16-24-30(6)17-21-18-35-39-27(21)29(4,5)23(30)11-12-31(24,7)32(26,8)14-15-33/h16,18-20,23,25-26H,9-15,17H2,1-8H3,(H2,34,36,38)/t19-,20+,23+,25+,26-,30+,31-,32-,33+/m1/s1. The van der Waals surface area contributed by atoms with Crippen LogP contribution < -0.4 is 10.6 Å². The van der Waals surface area contributed by atoms with Crippen LogP contribution >= 0.6 is 0 Å². The lowest BCUT2D eigenvalue weighted by atomic mass is 9.34.